The van der Waals surface area contributed by atoms with E-state index in [4.69, 9.17) is 4.74 Å². The van der Waals surface area contributed by atoms with Crippen molar-refractivity contribution in [1.29, 1.82) is 0 Å². The summed E-state index contributed by atoms with van der Waals surface area (Å²) in [5, 5.41) is 2.76. The second kappa shape index (κ2) is 6.12. The van der Waals surface area contributed by atoms with Gasteiger partial charge in [-0.05, 0) is 33.2 Å². The van der Waals surface area contributed by atoms with Crippen LogP contribution in [0.1, 0.15) is 6.92 Å². The van der Waals surface area contributed by atoms with Crippen LogP contribution in [-0.2, 0) is 0 Å². The number of nitrogens with one attached hydrogen (secondary N) is 1. The van der Waals surface area contributed by atoms with E-state index in [0.717, 1.165) is 6.54 Å². The molecule has 0 saturated heterocycles. The average Bonchev–Trinajstić information content (AvgIpc) is 2.17. The van der Waals surface area contributed by atoms with E-state index >= 15 is 0 Å². The lowest BCUT2D eigenvalue weighted by Gasteiger charge is -2.17. The first kappa shape index (κ1) is 12.5. The SMILES string of the molecule is CC(CN(C)C)NC(=O)Oc1ccccc1. The zero-order valence-corrected chi connectivity index (χ0v) is 9.93. The van der Waals surface area contributed by atoms with Gasteiger partial charge in [0, 0.05) is 12.6 Å². The number of carbonyl (C=O) groups excluding carboxylic acids is 1. The van der Waals surface area contributed by atoms with Crippen molar-refractivity contribution in [1.82, 2.24) is 10.2 Å². The van der Waals surface area contributed by atoms with Gasteiger partial charge < -0.3 is 15.0 Å². The second-order valence-corrected chi connectivity index (χ2v) is 4.01. The van der Waals surface area contributed by atoms with Crippen LogP contribution in [0.4, 0.5) is 4.79 Å². The van der Waals surface area contributed by atoms with E-state index in [1.807, 2.05) is 44.1 Å². The molecule has 1 N–H and O–H groups in total. The second-order valence-electron chi connectivity index (χ2n) is 4.01. The molecular formula is C12H18N2O2. The van der Waals surface area contributed by atoms with Crippen LogP contribution in [0.3, 0.4) is 0 Å². The molecule has 88 valence electrons. The number of para-hydroxylation sites is 1. The highest BCUT2D eigenvalue weighted by Gasteiger charge is 2.09. The van der Waals surface area contributed by atoms with Crippen molar-refractivity contribution in [3.05, 3.63) is 30.3 Å². The summed E-state index contributed by atoms with van der Waals surface area (Å²) >= 11 is 0. The van der Waals surface area contributed by atoms with E-state index in [2.05, 4.69) is 5.32 Å². The molecule has 1 aromatic rings. The Labute approximate surface area is 96.2 Å². The van der Waals surface area contributed by atoms with Crippen LogP contribution in [0.2, 0.25) is 0 Å². The molecule has 1 atom stereocenters. The summed E-state index contributed by atoms with van der Waals surface area (Å²) in [6, 6.07) is 9.08. The third-order valence-corrected chi connectivity index (χ3v) is 1.96. The van der Waals surface area contributed by atoms with Gasteiger partial charge >= 0.3 is 6.09 Å². The Balaban J connectivity index is 2.36. The number of carbonyl (C=O) groups is 1. The summed E-state index contributed by atoms with van der Waals surface area (Å²) in [5.41, 5.74) is 0. The van der Waals surface area contributed by atoms with Gasteiger partial charge in [-0.3, -0.25) is 0 Å². The Morgan fingerprint density at radius 3 is 2.56 bits per heavy atom. The molecule has 1 aromatic carbocycles. The molecule has 16 heavy (non-hydrogen) atoms. The van der Waals surface area contributed by atoms with Crippen molar-refractivity contribution < 1.29 is 9.53 Å². The Hall–Kier alpha value is -1.55. The lowest BCUT2D eigenvalue weighted by molar-refractivity contribution is 0.194. The standard InChI is InChI=1S/C12H18N2O2/c1-10(9-14(2)3)13-12(15)16-11-7-5-4-6-8-11/h4-8,10H,9H2,1-3H3,(H,13,15). The number of amides is 1. The van der Waals surface area contributed by atoms with Crippen molar-refractivity contribution in [2.75, 3.05) is 20.6 Å². The molecule has 0 aliphatic carbocycles. The fourth-order valence-corrected chi connectivity index (χ4v) is 1.42. The van der Waals surface area contributed by atoms with Gasteiger partial charge in [-0.25, -0.2) is 4.79 Å². The van der Waals surface area contributed by atoms with Crippen molar-refractivity contribution in [3.63, 3.8) is 0 Å². The maximum absolute atomic E-state index is 11.5. The van der Waals surface area contributed by atoms with Crippen molar-refractivity contribution >= 4 is 6.09 Å². The molecule has 0 aliphatic rings. The molecule has 1 rings (SSSR count). The summed E-state index contributed by atoms with van der Waals surface area (Å²) in [4.78, 5) is 13.5. The predicted molar refractivity (Wildman–Crippen MR) is 63.6 cm³/mol. The van der Waals surface area contributed by atoms with Gasteiger partial charge in [0.05, 0.1) is 0 Å². The first-order valence-electron chi connectivity index (χ1n) is 5.26. The maximum Gasteiger partial charge on any atom is 0.412 e. The topological polar surface area (TPSA) is 41.6 Å². The normalized spacial score (nSPS) is 12.2. The Morgan fingerprint density at radius 1 is 1.38 bits per heavy atom. The molecule has 0 heterocycles. The van der Waals surface area contributed by atoms with Gasteiger partial charge in [0.1, 0.15) is 5.75 Å². The molecule has 1 unspecified atom stereocenters. The molecule has 4 heteroatoms. The van der Waals surface area contributed by atoms with Crippen LogP contribution >= 0.6 is 0 Å². The summed E-state index contributed by atoms with van der Waals surface area (Å²) in [6.07, 6.45) is -0.416. The third-order valence-electron chi connectivity index (χ3n) is 1.96. The molecule has 4 nitrogen and oxygen atoms in total. The van der Waals surface area contributed by atoms with E-state index < -0.39 is 6.09 Å². The zero-order chi connectivity index (χ0) is 12.0. The average molecular weight is 222 g/mol. The molecule has 0 fully saturated rings. The Bertz CT molecular complexity index is 325. The highest BCUT2D eigenvalue weighted by Crippen LogP contribution is 2.08. The van der Waals surface area contributed by atoms with Crippen molar-refractivity contribution in [3.8, 4) is 5.75 Å². The monoisotopic (exact) mass is 222 g/mol. The summed E-state index contributed by atoms with van der Waals surface area (Å²) in [5.74, 6) is 0.553. The van der Waals surface area contributed by atoms with Crippen LogP contribution in [0.25, 0.3) is 0 Å². The van der Waals surface area contributed by atoms with Gasteiger partial charge in [-0.2, -0.15) is 0 Å². The minimum Gasteiger partial charge on any atom is -0.410 e. The van der Waals surface area contributed by atoms with Gasteiger partial charge in [0.15, 0.2) is 0 Å². The number of hydrogen-bond acceptors (Lipinski definition) is 3. The number of benzene rings is 1. The van der Waals surface area contributed by atoms with E-state index in [1.165, 1.54) is 0 Å². The first-order chi connectivity index (χ1) is 7.58. The van der Waals surface area contributed by atoms with Crippen LogP contribution in [0.5, 0.6) is 5.75 Å². The minimum atomic E-state index is -0.416. The molecular weight excluding hydrogens is 204 g/mol. The Kier molecular flexibility index (Phi) is 4.79. The third kappa shape index (κ3) is 4.79. The van der Waals surface area contributed by atoms with Crippen LogP contribution in [-0.4, -0.2) is 37.7 Å². The van der Waals surface area contributed by atoms with E-state index in [1.54, 1.807) is 12.1 Å². The smallest absolute Gasteiger partial charge is 0.410 e. The number of hydrogen-bond donors (Lipinski definition) is 1. The predicted octanol–water partition coefficient (Wildman–Crippen LogP) is 1.73. The fraction of sp³-hybridized carbons (Fsp3) is 0.417. The highest BCUT2D eigenvalue weighted by molar-refractivity contribution is 5.70. The number of likely N-dealkylation sites (N-methyl/N-ethyl adjacent to an activating group) is 1. The summed E-state index contributed by atoms with van der Waals surface area (Å²) in [6.45, 7) is 2.72. The number of ether oxygens (including phenoxy) is 1. The highest BCUT2D eigenvalue weighted by atomic mass is 16.6. The number of nitrogens with zero attached hydrogens (tertiary/aromatic N) is 1. The van der Waals surface area contributed by atoms with Crippen LogP contribution in [0.15, 0.2) is 30.3 Å². The van der Waals surface area contributed by atoms with Gasteiger partial charge in [0.25, 0.3) is 0 Å². The molecule has 0 radical (unpaired) electrons. The van der Waals surface area contributed by atoms with E-state index in [-0.39, 0.29) is 6.04 Å². The van der Waals surface area contributed by atoms with Crippen molar-refractivity contribution in [2.24, 2.45) is 0 Å². The quantitative estimate of drug-likeness (QED) is 0.843. The minimum absolute atomic E-state index is 0.0613. The molecule has 0 aromatic heterocycles. The van der Waals surface area contributed by atoms with Gasteiger partial charge in [0.2, 0.25) is 0 Å². The molecule has 0 bridgehead atoms. The largest absolute Gasteiger partial charge is 0.412 e. The fourth-order valence-electron chi connectivity index (χ4n) is 1.42. The molecule has 0 aliphatic heterocycles. The summed E-state index contributed by atoms with van der Waals surface area (Å²) in [7, 11) is 3.92. The van der Waals surface area contributed by atoms with Crippen LogP contribution < -0.4 is 10.1 Å². The van der Waals surface area contributed by atoms with Gasteiger partial charge in [-0.15, -0.1) is 0 Å². The van der Waals surface area contributed by atoms with Gasteiger partial charge in [-0.1, -0.05) is 18.2 Å². The lowest BCUT2D eigenvalue weighted by Crippen LogP contribution is -2.40. The molecule has 0 spiro atoms. The number of rotatable bonds is 4. The zero-order valence-electron chi connectivity index (χ0n) is 9.93. The van der Waals surface area contributed by atoms with Crippen molar-refractivity contribution in [2.45, 2.75) is 13.0 Å². The van der Waals surface area contributed by atoms with E-state index in [9.17, 15) is 4.79 Å². The van der Waals surface area contributed by atoms with Crippen LogP contribution in [0, 0.1) is 0 Å². The first-order valence-corrected chi connectivity index (χ1v) is 5.26. The maximum atomic E-state index is 11.5. The molecule has 1 amide bonds. The summed E-state index contributed by atoms with van der Waals surface area (Å²) < 4.78 is 5.10. The Morgan fingerprint density at radius 2 is 2.00 bits per heavy atom. The lowest BCUT2D eigenvalue weighted by atomic mass is 10.3. The molecule has 0 saturated carbocycles. The van der Waals surface area contributed by atoms with E-state index in [0.29, 0.717) is 5.75 Å².